The average Bonchev–Trinajstić information content (AvgIpc) is 2.31. The first kappa shape index (κ1) is 14.6. The van der Waals surface area contributed by atoms with E-state index >= 15 is 0 Å². The molecule has 1 N–H and O–H groups in total. The molecule has 3 nitrogen and oxygen atoms in total. The summed E-state index contributed by atoms with van der Waals surface area (Å²) in [5.41, 5.74) is 2.38. The maximum Gasteiger partial charge on any atom is 0.248 e. The van der Waals surface area contributed by atoms with Crippen LogP contribution in [0.3, 0.4) is 0 Å². The van der Waals surface area contributed by atoms with Crippen LogP contribution in [0.4, 0.5) is 0 Å². The van der Waals surface area contributed by atoms with Crippen molar-refractivity contribution >= 4 is 17.3 Å². The smallest absolute Gasteiger partial charge is 0.248 e. The second-order valence-electron chi connectivity index (χ2n) is 4.19. The van der Waals surface area contributed by atoms with E-state index in [-0.39, 0.29) is 6.61 Å². The van der Waals surface area contributed by atoms with Gasteiger partial charge in [-0.3, -0.25) is 5.21 Å². The lowest BCUT2D eigenvalue weighted by atomic mass is 10.2. The van der Waals surface area contributed by atoms with E-state index in [2.05, 4.69) is 6.58 Å². The Bertz CT molecular complexity index is 481. The molecular weight excluding hydrogens is 250 g/mol. The number of halogens is 1. The first-order chi connectivity index (χ1) is 8.45. The van der Waals surface area contributed by atoms with Crippen LogP contribution in [0.1, 0.15) is 25.8 Å². The Morgan fingerprint density at radius 1 is 1.50 bits per heavy atom. The number of hydrogen-bond acceptors (Lipinski definition) is 2. The summed E-state index contributed by atoms with van der Waals surface area (Å²) in [5.74, 6) is 0.614. The standard InChI is InChI=1S/C14H19ClNO2/c1-5-12(16(17)10(2)3)9-18-14-7-6-11(4)8-13(14)15/h6-8,17H,2,5,9H2,1,3-4H3/q+1. The molecule has 1 aromatic rings. The van der Waals surface area contributed by atoms with Gasteiger partial charge in [0, 0.05) is 18.1 Å². The molecular formula is C14H19ClNO2+. The summed E-state index contributed by atoms with van der Waals surface area (Å²) < 4.78 is 6.66. The van der Waals surface area contributed by atoms with Crippen LogP contribution in [-0.2, 0) is 0 Å². The van der Waals surface area contributed by atoms with E-state index in [1.165, 1.54) is 0 Å². The summed E-state index contributed by atoms with van der Waals surface area (Å²) in [7, 11) is 0. The fourth-order valence-electron chi connectivity index (χ4n) is 1.47. The topological polar surface area (TPSA) is 32.5 Å². The molecule has 18 heavy (non-hydrogen) atoms. The molecule has 0 heterocycles. The minimum absolute atomic E-state index is 0.280. The lowest BCUT2D eigenvalue weighted by molar-refractivity contribution is -0.739. The predicted molar refractivity (Wildman–Crippen MR) is 73.8 cm³/mol. The third kappa shape index (κ3) is 3.77. The van der Waals surface area contributed by atoms with Crippen LogP contribution < -0.4 is 4.74 Å². The second-order valence-corrected chi connectivity index (χ2v) is 4.60. The number of ether oxygens (including phenoxy) is 1. The third-order valence-corrected chi connectivity index (χ3v) is 2.85. The van der Waals surface area contributed by atoms with Crippen LogP contribution in [0.25, 0.3) is 0 Å². The van der Waals surface area contributed by atoms with Gasteiger partial charge in [-0.1, -0.05) is 24.6 Å². The number of aryl methyl sites for hydroxylation is 1. The highest BCUT2D eigenvalue weighted by Crippen LogP contribution is 2.25. The Morgan fingerprint density at radius 2 is 2.17 bits per heavy atom. The number of allylic oxidation sites excluding steroid dienone is 1. The lowest BCUT2D eigenvalue weighted by Gasteiger charge is -2.07. The Kier molecular flexibility index (Phi) is 5.23. The van der Waals surface area contributed by atoms with E-state index in [9.17, 15) is 5.21 Å². The monoisotopic (exact) mass is 268 g/mol. The molecule has 0 aliphatic carbocycles. The zero-order chi connectivity index (χ0) is 13.7. The molecule has 98 valence electrons. The van der Waals surface area contributed by atoms with E-state index in [0.29, 0.717) is 22.9 Å². The SMILES string of the molecule is C=C(C)[N+](O)=C(CC)COc1ccc(C)cc1Cl. The van der Waals surface area contributed by atoms with Gasteiger partial charge in [-0.05, 0) is 31.2 Å². The summed E-state index contributed by atoms with van der Waals surface area (Å²) >= 11 is 6.07. The molecule has 0 aliphatic rings. The second kappa shape index (κ2) is 6.45. The number of benzene rings is 1. The van der Waals surface area contributed by atoms with Crippen molar-refractivity contribution in [1.82, 2.24) is 0 Å². The van der Waals surface area contributed by atoms with E-state index in [1.807, 2.05) is 32.0 Å². The van der Waals surface area contributed by atoms with Gasteiger partial charge in [-0.15, -0.1) is 0 Å². The van der Waals surface area contributed by atoms with Gasteiger partial charge in [-0.2, -0.15) is 0 Å². The van der Waals surface area contributed by atoms with E-state index in [0.717, 1.165) is 16.0 Å². The van der Waals surface area contributed by atoms with Crippen LogP contribution in [0, 0.1) is 6.92 Å². The van der Waals surface area contributed by atoms with Crippen LogP contribution in [-0.4, -0.2) is 22.3 Å². The van der Waals surface area contributed by atoms with Gasteiger partial charge in [0.15, 0.2) is 6.61 Å². The highest BCUT2D eigenvalue weighted by atomic mass is 35.5. The van der Waals surface area contributed by atoms with Crippen LogP contribution in [0.2, 0.25) is 5.02 Å². The molecule has 0 aromatic heterocycles. The normalized spacial score (nSPS) is 12.0. The highest BCUT2D eigenvalue weighted by Gasteiger charge is 2.15. The Balaban J connectivity index is 2.81. The third-order valence-electron chi connectivity index (χ3n) is 2.55. The van der Waals surface area contributed by atoms with E-state index < -0.39 is 0 Å². The summed E-state index contributed by atoms with van der Waals surface area (Å²) in [6, 6.07) is 5.60. The minimum atomic E-state index is 0.280. The lowest BCUT2D eigenvalue weighted by Crippen LogP contribution is -2.22. The molecule has 4 heteroatoms. The molecule has 0 radical (unpaired) electrons. The first-order valence-electron chi connectivity index (χ1n) is 5.83. The van der Waals surface area contributed by atoms with Crippen molar-refractivity contribution in [2.24, 2.45) is 0 Å². The van der Waals surface area contributed by atoms with E-state index in [1.54, 1.807) is 6.92 Å². The summed E-state index contributed by atoms with van der Waals surface area (Å²) in [6.07, 6.45) is 0.673. The van der Waals surface area contributed by atoms with Crippen molar-refractivity contribution in [2.45, 2.75) is 27.2 Å². The minimum Gasteiger partial charge on any atom is -0.481 e. The van der Waals surface area contributed by atoms with Crippen molar-refractivity contribution in [3.05, 3.63) is 41.1 Å². The van der Waals surface area contributed by atoms with Gasteiger partial charge in [0.2, 0.25) is 11.4 Å². The molecule has 1 rings (SSSR count). The quantitative estimate of drug-likeness (QED) is 0.381. The zero-order valence-corrected chi connectivity index (χ0v) is 11.8. The highest BCUT2D eigenvalue weighted by molar-refractivity contribution is 6.32. The molecule has 0 bridgehead atoms. The Morgan fingerprint density at radius 3 is 2.67 bits per heavy atom. The van der Waals surface area contributed by atoms with Gasteiger partial charge in [0.1, 0.15) is 5.75 Å². The van der Waals surface area contributed by atoms with Crippen molar-refractivity contribution in [1.29, 1.82) is 0 Å². The van der Waals surface area contributed by atoms with Gasteiger partial charge in [0.05, 0.1) is 5.02 Å². The number of nitrogens with zero attached hydrogens (tertiary/aromatic N) is 1. The average molecular weight is 269 g/mol. The van der Waals surface area contributed by atoms with Gasteiger partial charge < -0.3 is 4.74 Å². The van der Waals surface area contributed by atoms with Crippen LogP contribution >= 0.6 is 11.6 Å². The summed E-state index contributed by atoms with van der Waals surface area (Å²) in [6.45, 7) is 9.61. The summed E-state index contributed by atoms with van der Waals surface area (Å²) in [5, 5.41) is 10.3. The molecule has 0 saturated carbocycles. The van der Waals surface area contributed by atoms with Crippen molar-refractivity contribution in [3.8, 4) is 5.75 Å². The number of hydroxylamine groups is 1. The fraction of sp³-hybridized carbons (Fsp3) is 0.357. The first-order valence-corrected chi connectivity index (χ1v) is 6.21. The zero-order valence-electron chi connectivity index (χ0n) is 11.0. The van der Waals surface area contributed by atoms with Crippen LogP contribution in [0.15, 0.2) is 30.5 Å². The van der Waals surface area contributed by atoms with Gasteiger partial charge in [0.25, 0.3) is 0 Å². The predicted octanol–water partition coefficient (Wildman–Crippen LogP) is 3.81. The summed E-state index contributed by atoms with van der Waals surface area (Å²) in [4.78, 5) is 0. The van der Waals surface area contributed by atoms with E-state index in [4.69, 9.17) is 16.3 Å². The molecule has 0 amide bonds. The number of rotatable bonds is 5. The van der Waals surface area contributed by atoms with Crippen molar-refractivity contribution in [2.75, 3.05) is 6.61 Å². The molecule has 0 spiro atoms. The molecule has 0 fully saturated rings. The molecule has 0 unspecified atom stereocenters. The maximum atomic E-state index is 9.76. The Hall–Kier alpha value is -1.48. The van der Waals surface area contributed by atoms with Gasteiger partial charge in [-0.25, -0.2) is 0 Å². The molecule has 0 saturated heterocycles. The Labute approximate surface area is 113 Å². The maximum absolute atomic E-state index is 9.76. The molecule has 1 aromatic carbocycles. The molecule has 0 aliphatic heterocycles. The number of hydrogen-bond donors (Lipinski definition) is 1. The van der Waals surface area contributed by atoms with Gasteiger partial charge >= 0.3 is 0 Å². The fourth-order valence-corrected chi connectivity index (χ4v) is 1.76. The largest absolute Gasteiger partial charge is 0.481 e. The molecule has 0 atom stereocenters. The van der Waals surface area contributed by atoms with Crippen molar-refractivity contribution in [3.63, 3.8) is 0 Å². The van der Waals surface area contributed by atoms with Crippen LogP contribution in [0.5, 0.6) is 5.75 Å². The van der Waals surface area contributed by atoms with Crippen molar-refractivity contribution < 1.29 is 14.7 Å².